The Morgan fingerprint density at radius 2 is 1.74 bits per heavy atom. The van der Waals surface area contributed by atoms with E-state index in [1.807, 2.05) is 13.8 Å². The summed E-state index contributed by atoms with van der Waals surface area (Å²) in [7, 11) is 0. The molecule has 2 unspecified atom stereocenters. The molecule has 0 aliphatic carbocycles. The van der Waals surface area contributed by atoms with Gasteiger partial charge in [0.15, 0.2) is 0 Å². The highest BCUT2D eigenvalue weighted by Crippen LogP contribution is 2.32. The number of esters is 1. The molecular formula is C16H32O3. The molecule has 0 amide bonds. The molecule has 0 heterocycles. The molecule has 0 aromatic heterocycles. The van der Waals surface area contributed by atoms with Crippen LogP contribution < -0.4 is 0 Å². The Balaban J connectivity index is 4.82. The van der Waals surface area contributed by atoms with Gasteiger partial charge >= 0.3 is 5.97 Å². The van der Waals surface area contributed by atoms with Crippen LogP contribution in [0, 0.1) is 17.3 Å². The van der Waals surface area contributed by atoms with Gasteiger partial charge in [-0.25, -0.2) is 0 Å². The second-order valence-electron chi connectivity index (χ2n) is 7.31. The standard InChI is InChI=1S/C16H32O3/c1-8-16(7,9-10-17)19-14(18)13(12(2)3)11-15(4,5)6/h12-13,17H,8-11H2,1-7H3. The summed E-state index contributed by atoms with van der Waals surface area (Å²) in [5.74, 6) is 0.0641. The number of hydrogen-bond acceptors (Lipinski definition) is 3. The molecule has 0 aromatic carbocycles. The van der Waals surface area contributed by atoms with Crippen LogP contribution in [0.2, 0.25) is 0 Å². The van der Waals surface area contributed by atoms with E-state index < -0.39 is 5.60 Å². The first-order valence-electron chi connectivity index (χ1n) is 7.38. The van der Waals surface area contributed by atoms with Crippen molar-refractivity contribution in [2.24, 2.45) is 17.3 Å². The normalized spacial score (nSPS) is 17.1. The molecule has 3 heteroatoms. The predicted octanol–water partition coefficient (Wildman–Crippen LogP) is 3.79. The third-order valence-corrected chi connectivity index (χ3v) is 3.68. The van der Waals surface area contributed by atoms with Gasteiger partial charge in [-0.15, -0.1) is 0 Å². The molecule has 1 N–H and O–H groups in total. The first kappa shape index (κ1) is 18.4. The van der Waals surface area contributed by atoms with Crippen LogP contribution in [-0.4, -0.2) is 23.3 Å². The maximum atomic E-state index is 12.4. The number of ether oxygens (including phenoxy) is 1. The summed E-state index contributed by atoms with van der Waals surface area (Å²) >= 11 is 0. The highest BCUT2D eigenvalue weighted by molar-refractivity contribution is 5.73. The summed E-state index contributed by atoms with van der Waals surface area (Å²) in [6, 6.07) is 0. The van der Waals surface area contributed by atoms with Gasteiger partial charge in [0.1, 0.15) is 5.60 Å². The minimum atomic E-state index is -0.545. The van der Waals surface area contributed by atoms with Gasteiger partial charge in [-0.05, 0) is 31.1 Å². The molecule has 0 saturated heterocycles. The summed E-state index contributed by atoms with van der Waals surface area (Å²) in [6.45, 7) is 14.5. The molecule has 0 spiro atoms. The number of hydrogen-bond donors (Lipinski definition) is 1. The zero-order valence-electron chi connectivity index (χ0n) is 13.7. The van der Waals surface area contributed by atoms with Crippen molar-refractivity contribution < 1.29 is 14.6 Å². The summed E-state index contributed by atoms with van der Waals surface area (Å²) in [5, 5.41) is 9.09. The van der Waals surface area contributed by atoms with Gasteiger partial charge in [0.2, 0.25) is 0 Å². The Labute approximate surface area is 118 Å². The van der Waals surface area contributed by atoms with E-state index in [1.54, 1.807) is 0 Å². The molecule has 19 heavy (non-hydrogen) atoms. The van der Waals surface area contributed by atoms with E-state index in [0.29, 0.717) is 6.42 Å². The maximum Gasteiger partial charge on any atom is 0.309 e. The van der Waals surface area contributed by atoms with Gasteiger partial charge in [0.05, 0.1) is 5.92 Å². The van der Waals surface area contributed by atoms with Crippen LogP contribution >= 0.6 is 0 Å². The number of carbonyl (C=O) groups excluding carboxylic acids is 1. The molecule has 0 bridgehead atoms. The van der Waals surface area contributed by atoms with Crippen LogP contribution in [0.1, 0.15) is 67.7 Å². The summed E-state index contributed by atoms with van der Waals surface area (Å²) in [5.41, 5.74) is -0.440. The van der Waals surface area contributed by atoms with Gasteiger partial charge < -0.3 is 9.84 Å². The minimum Gasteiger partial charge on any atom is -0.459 e. The van der Waals surface area contributed by atoms with Crippen LogP contribution in [0.15, 0.2) is 0 Å². The molecule has 2 atom stereocenters. The Morgan fingerprint density at radius 3 is 2.05 bits per heavy atom. The molecule has 3 nitrogen and oxygen atoms in total. The van der Waals surface area contributed by atoms with Crippen molar-refractivity contribution >= 4 is 5.97 Å². The van der Waals surface area contributed by atoms with E-state index in [0.717, 1.165) is 12.8 Å². The van der Waals surface area contributed by atoms with Crippen molar-refractivity contribution in [3.63, 3.8) is 0 Å². The average Bonchev–Trinajstić information content (AvgIpc) is 2.24. The SMILES string of the molecule is CCC(C)(CCO)OC(=O)C(CC(C)(C)C)C(C)C. The van der Waals surface area contributed by atoms with E-state index in [4.69, 9.17) is 9.84 Å². The second kappa shape index (κ2) is 7.28. The van der Waals surface area contributed by atoms with Crippen molar-refractivity contribution in [2.45, 2.75) is 73.3 Å². The molecule has 114 valence electrons. The lowest BCUT2D eigenvalue weighted by Crippen LogP contribution is -2.37. The Bertz CT molecular complexity index is 278. The molecular weight excluding hydrogens is 240 g/mol. The van der Waals surface area contributed by atoms with E-state index in [1.165, 1.54) is 0 Å². The summed E-state index contributed by atoms with van der Waals surface area (Å²) in [6.07, 6.45) is 2.04. The highest BCUT2D eigenvalue weighted by atomic mass is 16.6. The van der Waals surface area contributed by atoms with E-state index in [9.17, 15) is 4.79 Å². The second-order valence-corrected chi connectivity index (χ2v) is 7.31. The van der Waals surface area contributed by atoms with Crippen LogP contribution in [0.25, 0.3) is 0 Å². The zero-order chi connectivity index (χ0) is 15.3. The van der Waals surface area contributed by atoms with Gasteiger partial charge in [-0.1, -0.05) is 41.5 Å². The van der Waals surface area contributed by atoms with Crippen molar-refractivity contribution in [3.05, 3.63) is 0 Å². The fourth-order valence-electron chi connectivity index (χ4n) is 2.11. The molecule has 0 aliphatic heterocycles. The van der Waals surface area contributed by atoms with E-state index >= 15 is 0 Å². The molecule has 0 fully saturated rings. The third-order valence-electron chi connectivity index (χ3n) is 3.68. The first-order valence-corrected chi connectivity index (χ1v) is 7.38. The maximum absolute atomic E-state index is 12.4. The molecule has 0 rings (SSSR count). The largest absolute Gasteiger partial charge is 0.459 e. The number of carbonyl (C=O) groups is 1. The van der Waals surface area contributed by atoms with E-state index in [-0.39, 0.29) is 29.8 Å². The predicted molar refractivity (Wildman–Crippen MR) is 78.9 cm³/mol. The third kappa shape index (κ3) is 6.95. The van der Waals surface area contributed by atoms with Crippen LogP contribution in [0.4, 0.5) is 0 Å². The van der Waals surface area contributed by atoms with Crippen molar-refractivity contribution in [3.8, 4) is 0 Å². The Morgan fingerprint density at radius 1 is 1.21 bits per heavy atom. The van der Waals surface area contributed by atoms with Gasteiger partial charge in [-0.3, -0.25) is 4.79 Å². The van der Waals surface area contributed by atoms with Crippen molar-refractivity contribution in [1.82, 2.24) is 0 Å². The first-order chi connectivity index (χ1) is 8.54. The monoisotopic (exact) mass is 272 g/mol. The summed E-state index contributed by atoms with van der Waals surface area (Å²) < 4.78 is 5.70. The molecule has 0 aliphatic rings. The number of aliphatic hydroxyl groups is 1. The van der Waals surface area contributed by atoms with E-state index in [2.05, 4.69) is 34.6 Å². The fraction of sp³-hybridized carbons (Fsp3) is 0.938. The lowest BCUT2D eigenvalue weighted by Gasteiger charge is -2.33. The molecule has 0 saturated carbocycles. The lowest BCUT2D eigenvalue weighted by atomic mass is 9.79. The minimum absolute atomic E-state index is 0.0449. The van der Waals surface area contributed by atoms with Crippen molar-refractivity contribution in [1.29, 1.82) is 0 Å². The van der Waals surface area contributed by atoms with Gasteiger partial charge in [0.25, 0.3) is 0 Å². The number of aliphatic hydroxyl groups excluding tert-OH is 1. The quantitative estimate of drug-likeness (QED) is 0.717. The fourth-order valence-corrected chi connectivity index (χ4v) is 2.11. The smallest absolute Gasteiger partial charge is 0.309 e. The van der Waals surface area contributed by atoms with Crippen molar-refractivity contribution in [2.75, 3.05) is 6.61 Å². The highest BCUT2D eigenvalue weighted by Gasteiger charge is 2.34. The lowest BCUT2D eigenvalue weighted by molar-refractivity contribution is -0.168. The van der Waals surface area contributed by atoms with Crippen LogP contribution in [0.3, 0.4) is 0 Å². The molecule has 0 radical (unpaired) electrons. The summed E-state index contributed by atoms with van der Waals surface area (Å²) in [4.78, 5) is 12.4. The number of rotatable bonds is 7. The Hall–Kier alpha value is -0.570. The van der Waals surface area contributed by atoms with Crippen LogP contribution in [0.5, 0.6) is 0 Å². The molecule has 0 aromatic rings. The average molecular weight is 272 g/mol. The van der Waals surface area contributed by atoms with Gasteiger partial charge in [-0.2, -0.15) is 0 Å². The van der Waals surface area contributed by atoms with Gasteiger partial charge in [0, 0.05) is 13.0 Å². The zero-order valence-corrected chi connectivity index (χ0v) is 13.7. The van der Waals surface area contributed by atoms with Crippen LogP contribution in [-0.2, 0) is 9.53 Å². The Kier molecular flexibility index (Phi) is 7.06. The topological polar surface area (TPSA) is 46.5 Å².